The predicted molar refractivity (Wildman–Crippen MR) is 101 cm³/mol. The van der Waals surface area contributed by atoms with Crippen LogP contribution in [0.15, 0.2) is 30.3 Å². The Balaban J connectivity index is 2.67. The van der Waals surface area contributed by atoms with E-state index < -0.39 is 58.7 Å². The third-order valence-electron chi connectivity index (χ3n) is 4.52. The van der Waals surface area contributed by atoms with Gasteiger partial charge in [-0.2, -0.15) is 35.1 Å². The Morgan fingerprint density at radius 2 is 1.68 bits per heavy atom. The van der Waals surface area contributed by atoms with Crippen molar-refractivity contribution in [1.82, 2.24) is 0 Å². The van der Waals surface area contributed by atoms with E-state index in [9.17, 15) is 49.5 Å². The highest BCUT2D eigenvalue weighted by Crippen LogP contribution is 2.54. The number of methoxy groups -OCH3 is 1. The summed E-state index contributed by atoms with van der Waals surface area (Å²) < 4.78 is 127. The van der Waals surface area contributed by atoms with E-state index >= 15 is 0 Å². The van der Waals surface area contributed by atoms with Crippen molar-refractivity contribution in [2.45, 2.75) is 31.1 Å². The highest BCUT2D eigenvalue weighted by molar-refractivity contribution is 6.32. The molecule has 0 heterocycles. The zero-order chi connectivity index (χ0) is 26.1. The molecule has 0 aliphatic rings. The van der Waals surface area contributed by atoms with Crippen molar-refractivity contribution in [2.75, 3.05) is 12.6 Å². The van der Waals surface area contributed by atoms with E-state index in [2.05, 4.69) is 4.74 Å². The van der Waals surface area contributed by atoms with Crippen molar-refractivity contribution in [2.24, 2.45) is 0 Å². The van der Waals surface area contributed by atoms with Crippen LogP contribution in [0.5, 0.6) is 11.5 Å². The van der Waals surface area contributed by atoms with Crippen LogP contribution in [-0.2, 0) is 12.1 Å². The van der Waals surface area contributed by atoms with Crippen LogP contribution in [0.1, 0.15) is 21.5 Å². The first-order chi connectivity index (χ1) is 15.6. The van der Waals surface area contributed by atoms with Gasteiger partial charge in [-0.3, -0.25) is 4.79 Å². The van der Waals surface area contributed by atoms with Crippen LogP contribution < -0.4 is 15.0 Å². The Labute approximate surface area is 190 Å². The molecular weight excluding hydrogens is 513 g/mol. The first-order valence-electron chi connectivity index (χ1n) is 8.76. The van der Waals surface area contributed by atoms with Crippen LogP contribution in [0.3, 0.4) is 0 Å². The summed E-state index contributed by atoms with van der Waals surface area (Å²) in [6.07, 6.45) is -14.1. The van der Waals surface area contributed by atoms with E-state index in [4.69, 9.17) is 16.3 Å². The second kappa shape index (κ2) is 9.78. The maximum Gasteiger partial charge on any atom is 0.435 e. The van der Waals surface area contributed by atoms with Crippen LogP contribution in [-0.4, -0.2) is 31.9 Å². The third kappa shape index (κ3) is 5.12. The van der Waals surface area contributed by atoms with Crippen LogP contribution in [0.25, 0.3) is 0 Å². The molecule has 0 bridgehead atoms. The van der Waals surface area contributed by atoms with Crippen LogP contribution in [0, 0.1) is 5.21 Å². The summed E-state index contributed by atoms with van der Waals surface area (Å²) in [5, 5.41) is 9.89. The number of anilines is 1. The molecule has 0 atom stereocenters. The Hall–Kier alpha value is -2.87. The van der Waals surface area contributed by atoms with E-state index in [-0.39, 0.29) is 29.1 Å². The molecule has 15 heteroatoms. The molecule has 2 rings (SSSR count). The van der Waals surface area contributed by atoms with Gasteiger partial charge in [0.1, 0.15) is 5.75 Å². The smallest absolute Gasteiger partial charge is 0.435 e. The summed E-state index contributed by atoms with van der Waals surface area (Å²) in [6.45, 7) is -3.78. The van der Waals surface area contributed by atoms with Gasteiger partial charge in [-0.15, -0.1) is 0 Å². The molecule has 0 saturated heterocycles. The van der Waals surface area contributed by atoms with Crippen molar-refractivity contribution in [3.8, 4) is 11.5 Å². The number of hydrogen-bond donors (Lipinski definition) is 1. The lowest BCUT2D eigenvalue weighted by atomic mass is 9.91. The van der Waals surface area contributed by atoms with Crippen LogP contribution >= 0.6 is 11.6 Å². The van der Waals surface area contributed by atoms with Gasteiger partial charge in [0, 0.05) is 22.6 Å². The number of ketones is 1. The molecule has 0 saturated carbocycles. The molecule has 0 radical (unpaired) electrons. The number of benzene rings is 2. The fraction of sp³-hybridized carbons (Fsp3) is 0.316. The molecule has 188 valence electrons. The summed E-state index contributed by atoms with van der Waals surface area (Å²) in [6, 6.07) is 3.23. The Bertz CT molecular complexity index is 1040. The summed E-state index contributed by atoms with van der Waals surface area (Å²) in [5.74, 6) is -2.68. The molecule has 1 N–H and O–H groups in total. The van der Waals surface area contributed by atoms with Gasteiger partial charge in [0.2, 0.25) is 0 Å². The number of carbonyl (C=O) groups excluding carboxylic acids is 1. The molecule has 0 aliphatic heterocycles. The highest BCUT2D eigenvalue weighted by atomic mass is 35.5. The predicted octanol–water partition coefficient (Wildman–Crippen LogP) is 6.57. The molecule has 2 aromatic rings. The Morgan fingerprint density at radius 1 is 1.09 bits per heavy atom. The van der Waals surface area contributed by atoms with Crippen molar-refractivity contribution in [3.63, 3.8) is 0 Å². The summed E-state index contributed by atoms with van der Waals surface area (Å²) in [5.41, 5.74) is -7.97. The number of ether oxygens (including phenoxy) is 2. The summed E-state index contributed by atoms with van der Waals surface area (Å²) >= 11 is 5.72. The van der Waals surface area contributed by atoms with E-state index in [0.717, 1.165) is 13.2 Å². The fourth-order valence-electron chi connectivity index (χ4n) is 2.98. The van der Waals surface area contributed by atoms with E-state index in [0.29, 0.717) is 0 Å². The van der Waals surface area contributed by atoms with E-state index in [1.54, 1.807) is 0 Å². The van der Waals surface area contributed by atoms with Gasteiger partial charge in [-0.1, -0.05) is 17.7 Å². The van der Waals surface area contributed by atoms with Gasteiger partial charge < -0.3 is 20.2 Å². The minimum Gasteiger partial charge on any atom is -0.761 e. The number of alkyl halides is 9. The van der Waals surface area contributed by atoms with Crippen molar-refractivity contribution in [3.05, 3.63) is 57.3 Å². The molecule has 0 aromatic heterocycles. The average molecular weight is 525 g/mol. The van der Waals surface area contributed by atoms with Gasteiger partial charge in [0.15, 0.2) is 11.5 Å². The first-order valence-corrected chi connectivity index (χ1v) is 9.14. The lowest BCUT2D eigenvalue weighted by Gasteiger charge is -2.31. The third-order valence-corrected chi connectivity index (χ3v) is 4.85. The molecular formula is C19H12ClF9NO4-. The molecule has 0 spiro atoms. The normalized spacial score (nSPS) is 12.6. The molecule has 34 heavy (non-hydrogen) atoms. The monoisotopic (exact) mass is 524 g/mol. The van der Waals surface area contributed by atoms with Crippen molar-refractivity contribution >= 4 is 23.1 Å². The molecule has 2 aromatic carbocycles. The highest BCUT2D eigenvalue weighted by Gasteiger charge is 2.73. The number of halogens is 10. The number of hydrogen-bond acceptors (Lipinski definition) is 5. The maximum absolute atomic E-state index is 14.4. The van der Waals surface area contributed by atoms with Crippen LogP contribution in [0.2, 0.25) is 5.02 Å². The minimum atomic E-state index is -6.55. The maximum atomic E-state index is 14.4. The lowest BCUT2D eigenvalue weighted by molar-refractivity contribution is -0.348. The average Bonchev–Trinajstić information content (AvgIpc) is 2.72. The van der Waals surface area contributed by atoms with Gasteiger partial charge in [0.05, 0.1) is 18.4 Å². The van der Waals surface area contributed by atoms with Gasteiger partial charge in [0.25, 0.3) is 0 Å². The number of Topliss-reactive ketones (excluding diaryl/α,β-unsaturated/α-hetero) is 1. The number of rotatable bonds is 8. The first kappa shape index (κ1) is 27.4. The molecule has 0 aliphatic carbocycles. The minimum absolute atomic E-state index is 0.0870. The Kier molecular flexibility index (Phi) is 7.87. The van der Waals surface area contributed by atoms with Crippen molar-refractivity contribution in [1.29, 1.82) is 0 Å². The number of nitrogens with one attached hydrogen (secondary N) is 1. The number of para-hydroxylation sites is 1. The van der Waals surface area contributed by atoms with Gasteiger partial charge in [-0.25, -0.2) is 4.39 Å². The summed E-state index contributed by atoms with van der Waals surface area (Å²) in [7, 11) is 1.08. The topological polar surface area (TPSA) is 70.6 Å². The standard InChI is InChI=1S/C19H12ClF9NO4/c1-33-15-9(3-2-4-12(15)30-32)13(31)7-10-11(20)5-8(6-14(10)34-16(21)22)17(23,18(24,25)26)19(27,28)29/h2-6,16,30H,7H2,1H3/q-1. The zero-order valence-electron chi connectivity index (χ0n) is 16.6. The number of carbonyl (C=O) groups is 1. The zero-order valence-corrected chi connectivity index (χ0v) is 17.3. The molecule has 0 unspecified atom stereocenters. The van der Waals surface area contributed by atoms with Gasteiger partial charge >= 0.3 is 24.6 Å². The summed E-state index contributed by atoms with van der Waals surface area (Å²) in [4.78, 5) is 12.7. The SMILES string of the molecule is COc1c(N[O-])cccc1C(=O)Cc1c(Cl)cc(C(F)(C(F)(F)F)C(F)(F)F)cc1OC(F)F. The van der Waals surface area contributed by atoms with Crippen molar-refractivity contribution < 1.29 is 53.8 Å². The molecule has 0 fully saturated rings. The van der Waals surface area contributed by atoms with Gasteiger partial charge in [-0.05, 0) is 24.3 Å². The van der Waals surface area contributed by atoms with E-state index in [1.165, 1.54) is 17.6 Å². The van der Waals surface area contributed by atoms with Crippen LogP contribution in [0.4, 0.5) is 45.2 Å². The quantitative estimate of drug-likeness (QED) is 0.240. The second-order valence-corrected chi connectivity index (χ2v) is 6.96. The van der Waals surface area contributed by atoms with E-state index in [1.807, 2.05) is 0 Å². The molecule has 0 amide bonds. The second-order valence-electron chi connectivity index (χ2n) is 6.56. The fourth-order valence-corrected chi connectivity index (χ4v) is 3.26. The molecule has 5 nitrogen and oxygen atoms in total. The largest absolute Gasteiger partial charge is 0.761 e. The Morgan fingerprint density at radius 3 is 2.15 bits per heavy atom. The lowest BCUT2D eigenvalue weighted by Crippen LogP contribution is -2.50.